The van der Waals surface area contributed by atoms with Crippen molar-refractivity contribution >= 4 is 5.91 Å². The zero-order valence-electron chi connectivity index (χ0n) is 10.2. The van der Waals surface area contributed by atoms with Crippen LogP contribution in [0.5, 0.6) is 5.75 Å². The van der Waals surface area contributed by atoms with Gasteiger partial charge in [-0.05, 0) is 25.5 Å². The van der Waals surface area contributed by atoms with Crippen LogP contribution in [0.15, 0.2) is 12.1 Å². The fraction of sp³-hybridized carbons (Fsp3) is 0.417. The molecule has 0 spiro atoms. The summed E-state index contributed by atoms with van der Waals surface area (Å²) in [7, 11) is 1.23. The molecule has 100 valence electrons. The highest BCUT2D eigenvalue weighted by atomic mass is 19.1. The Morgan fingerprint density at radius 1 is 1.50 bits per heavy atom. The van der Waals surface area contributed by atoms with E-state index in [1.54, 1.807) is 6.92 Å². The minimum atomic E-state index is -1.04. The monoisotopic (exact) mass is 259 g/mol. The number of methoxy groups -OCH3 is 1. The zero-order valence-corrected chi connectivity index (χ0v) is 10.2. The normalized spacial score (nSPS) is 12.1. The van der Waals surface area contributed by atoms with Crippen LogP contribution < -0.4 is 10.1 Å². The zero-order chi connectivity index (χ0) is 13.7. The summed E-state index contributed by atoms with van der Waals surface area (Å²) >= 11 is 0. The van der Waals surface area contributed by atoms with Crippen LogP contribution in [0.4, 0.5) is 8.78 Å². The van der Waals surface area contributed by atoms with Gasteiger partial charge < -0.3 is 15.2 Å². The summed E-state index contributed by atoms with van der Waals surface area (Å²) in [6.45, 7) is 1.69. The lowest BCUT2D eigenvalue weighted by Crippen LogP contribution is -2.28. The number of carbonyl (C=O) groups excluding carboxylic acids is 1. The molecule has 1 atom stereocenters. The van der Waals surface area contributed by atoms with Gasteiger partial charge in [-0.25, -0.2) is 8.78 Å². The van der Waals surface area contributed by atoms with Crippen LogP contribution in [0.2, 0.25) is 0 Å². The van der Waals surface area contributed by atoms with Gasteiger partial charge in [0, 0.05) is 6.54 Å². The largest absolute Gasteiger partial charge is 0.494 e. The van der Waals surface area contributed by atoms with E-state index in [-0.39, 0.29) is 12.3 Å². The highest BCUT2D eigenvalue weighted by molar-refractivity contribution is 5.95. The Balaban J connectivity index is 2.85. The first-order valence-electron chi connectivity index (χ1n) is 5.45. The molecule has 0 aliphatic heterocycles. The number of ether oxygens (including phenoxy) is 1. The lowest BCUT2D eigenvalue weighted by atomic mass is 10.1. The van der Waals surface area contributed by atoms with E-state index in [4.69, 9.17) is 5.11 Å². The predicted octanol–water partition coefficient (Wildman–Crippen LogP) is 1.47. The Hall–Kier alpha value is -1.69. The maximum atomic E-state index is 13.7. The van der Waals surface area contributed by atoms with Crippen molar-refractivity contribution in [2.24, 2.45) is 0 Å². The van der Waals surface area contributed by atoms with Crippen molar-refractivity contribution in [3.8, 4) is 5.75 Å². The van der Waals surface area contributed by atoms with Crippen molar-refractivity contribution in [3.05, 3.63) is 29.3 Å². The molecule has 1 aromatic rings. The Kier molecular flexibility index (Phi) is 5.03. The first-order valence-corrected chi connectivity index (χ1v) is 5.45. The minimum Gasteiger partial charge on any atom is -0.494 e. The third kappa shape index (κ3) is 3.40. The number of aliphatic hydroxyl groups excluding tert-OH is 1. The molecule has 0 saturated carbocycles. The van der Waals surface area contributed by atoms with Crippen molar-refractivity contribution in [2.45, 2.75) is 19.4 Å². The molecule has 0 fully saturated rings. The lowest BCUT2D eigenvalue weighted by molar-refractivity contribution is 0.0936. The number of hydrogen-bond donors (Lipinski definition) is 2. The van der Waals surface area contributed by atoms with Gasteiger partial charge in [-0.3, -0.25) is 4.79 Å². The average molecular weight is 259 g/mol. The van der Waals surface area contributed by atoms with Crippen LogP contribution in [0, 0.1) is 11.6 Å². The summed E-state index contributed by atoms with van der Waals surface area (Å²) in [5.74, 6) is -3.06. The minimum absolute atomic E-state index is 0.132. The number of aliphatic hydroxyl groups is 1. The number of hydrogen-bond acceptors (Lipinski definition) is 3. The van der Waals surface area contributed by atoms with Crippen LogP contribution in [-0.4, -0.2) is 30.8 Å². The van der Waals surface area contributed by atoms with E-state index in [0.29, 0.717) is 6.42 Å². The molecule has 1 rings (SSSR count). The van der Waals surface area contributed by atoms with Crippen LogP contribution in [-0.2, 0) is 0 Å². The quantitative estimate of drug-likeness (QED) is 0.842. The molecule has 4 nitrogen and oxygen atoms in total. The first kappa shape index (κ1) is 14.4. The third-order valence-electron chi connectivity index (χ3n) is 2.35. The summed E-state index contributed by atoms with van der Waals surface area (Å²) in [4.78, 5) is 11.6. The van der Waals surface area contributed by atoms with E-state index in [2.05, 4.69) is 10.1 Å². The molecule has 2 N–H and O–H groups in total. The lowest BCUT2D eigenvalue weighted by Gasteiger charge is -2.10. The van der Waals surface area contributed by atoms with Gasteiger partial charge >= 0.3 is 0 Å². The number of amides is 1. The topological polar surface area (TPSA) is 58.6 Å². The second-order valence-electron chi connectivity index (χ2n) is 3.83. The Bertz CT molecular complexity index is 436. The van der Waals surface area contributed by atoms with Gasteiger partial charge in [0.1, 0.15) is 11.4 Å². The molecular formula is C12H15F2NO3. The number of nitrogens with one attached hydrogen (secondary N) is 1. The smallest absolute Gasteiger partial charge is 0.257 e. The number of benzene rings is 1. The van der Waals surface area contributed by atoms with Gasteiger partial charge in [-0.1, -0.05) is 0 Å². The van der Waals surface area contributed by atoms with Crippen molar-refractivity contribution in [3.63, 3.8) is 0 Å². The van der Waals surface area contributed by atoms with Gasteiger partial charge in [0.25, 0.3) is 5.91 Å². The highest BCUT2D eigenvalue weighted by Crippen LogP contribution is 2.22. The molecule has 0 aliphatic carbocycles. The van der Waals surface area contributed by atoms with Gasteiger partial charge in [-0.15, -0.1) is 0 Å². The molecule has 0 saturated heterocycles. The molecule has 6 heteroatoms. The molecule has 0 aromatic heterocycles. The van der Waals surface area contributed by atoms with Crippen LogP contribution in [0.25, 0.3) is 0 Å². The maximum Gasteiger partial charge on any atom is 0.257 e. The highest BCUT2D eigenvalue weighted by Gasteiger charge is 2.20. The molecule has 0 aliphatic rings. The van der Waals surface area contributed by atoms with Gasteiger partial charge in [-0.2, -0.15) is 0 Å². The van der Waals surface area contributed by atoms with E-state index in [0.717, 1.165) is 12.1 Å². The molecule has 1 amide bonds. The summed E-state index contributed by atoms with van der Waals surface area (Å²) in [5, 5.41) is 11.3. The van der Waals surface area contributed by atoms with E-state index in [1.807, 2.05) is 0 Å². The molecule has 1 unspecified atom stereocenters. The summed E-state index contributed by atoms with van der Waals surface area (Å²) < 4.78 is 31.8. The third-order valence-corrected chi connectivity index (χ3v) is 2.35. The van der Waals surface area contributed by atoms with Gasteiger partial charge in [0.2, 0.25) is 0 Å². The summed E-state index contributed by atoms with van der Waals surface area (Å²) in [6.07, 6.45) is -0.288. The Morgan fingerprint density at radius 3 is 2.72 bits per heavy atom. The Labute approximate surface area is 104 Å². The van der Waals surface area contributed by atoms with Crippen molar-refractivity contribution in [1.29, 1.82) is 0 Å². The van der Waals surface area contributed by atoms with Crippen LogP contribution >= 0.6 is 0 Å². The van der Waals surface area contributed by atoms with Crippen molar-refractivity contribution in [2.75, 3.05) is 13.7 Å². The maximum absolute atomic E-state index is 13.7. The molecule has 0 heterocycles. The van der Waals surface area contributed by atoms with E-state index in [1.165, 1.54) is 7.11 Å². The second kappa shape index (κ2) is 6.30. The average Bonchev–Trinajstić information content (AvgIpc) is 2.28. The fourth-order valence-electron chi connectivity index (χ4n) is 1.38. The standard InChI is InChI=1S/C12H15F2NO3/c1-7(16)5-6-15-12(17)10-8(13)3-4-9(18-2)11(10)14/h3-4,7,16H,5-6H2,1-2H3,(H,15,17). The molecule has 1 aromatic carbocycles. The predicted molar refractivity (Wildman–Crippen MR) is 61.5 cm³/mol. The summed E-state index contributed by atoms with van der Waals surface area (Å²) in [6, 6.07) is 2.07. The van der Waals surface area contributed by atoms with Crippen molar-refractivity contribution < 1.29 is 23.4 Å². The molecular weight excluding hydrogens is 244 g/mol. The molecule has 18 heavy (non-hydrogen) atoms. The first-order chi connectivity index (χ1) is 8.47. The second-order valence-corrected chi connectivity index (χ2v) is 3.83. The van der Waals surface area contributed by atoms with Gasteiger partial charge in [0.05, 0.1) is 13.2 Å². The SMILES string of the molecule is COc1ccc(F)c(C(=O)NCCC(C)O)c1F. The molecule has 0 bridgehead atoms. The van der Waals surface area contributed by atoms with Crippen molar-refractivity contribution in [1.82, 2.24) is 5.32 Å². The van der Waals surface area contributed by atoms with Gasteiger partial charge in [0.15, 0.2) is 11.6 Å². The number of halogens is 2. The fourth-order valence-corrected chi connectivity index (χ4v) is 1.38. The summed E-state index contributed by atoms with van der Waals surface area (Å²) in [5.41, 5.74) is -0.681. The van der Waals surface area contributed by atoms with E-state index >= 15 is 0 Å². The Morgan fingerprint density at radius 2 is 2.17 bits per heavy atom. The van der Waals surface area contributed by atoms with E-state index < -0.39 is 29.2 Å². The number of rotatable bonds is 5. The van der Waals surface area contributed by atoms with E-state index in [9.17, 15) is 13.6 Å². The van der Waals surface area contributed by atoms with Crippen LogP contribution in [0.3, 0.4) is 0 Å². The number of carbonyl (C=O) groups is 1. The van der Waals surface area contributed by atoms with Crippen LogP contribution in [0.1, 0.15) is 23.7 Å². The molecule has 0 radical (unpaired) electrons.